The van der Waals surface area contributed by atoms with Crippen molar-refractivity contribution in [2.75, 3.05) is 19.6 Å². The van der Waals surface area contributed by atoms with Crippen molar-refractivity contribution >= 4 is 45.4 Å². The van der Waals surface area contributed by atoms with Gasteiger partial charge in [0.05, 0.1) is 4.34 Å². The summed E-state index contributed by atoms with van der Waals surface area (Å²) in [5.74, 6) is 0. The van der Waals surface area contributed by atoms with E-state index in [-0.39, 0.29) is 18.4 Å². The molecule has 1 aliphatic rings. The fourth-order valence-corrected chi connectivity index (χ4v) is 4.97. The van der Waals surface area contributed by atoms with Crippen LogP contribution in [-0.2, 0) is 10.0 Å². The van der Waals surface area contributed by atoms with E-state index in [0.29, 0.717) is 28.2 Å². The highest BCUT2D eigenvalue weighted by molar-refractivity contribution is 7.91. The highest BCUT2D eigenvalue weighted by atomic mass is 35.5. The van der Waals surface area contributed by atoms with Crippen molar-refractivity contribution in [3.8, 4) is 0 Å². The first-order valence-electron chi connectivity index (χ1n) is 5.00. The van der Waals surface area contributed by atoms with E-state index in [1.165, 1.54) is 4.31 Å². The van der Waals surface area contributed by atoms with E-state index in [9.17, 15) is 8.42 Å². The molecule has 1 saturated heterocycles. The molecule has 0 spiro atoms. The molecule has 2 heterocycles. The Hall–Kier alpha value is 0.150. The zero-order chi connectivity index (χ0) is 11.8. The van der Waals surface area contributed by atoms with Crippen molar-refractivity contribution in [3.63, 3.8) is 0 Å². The van der Waals surface area contributed by atoms with Gasteiger partial charge in [0.25, 0.3) is 10.0 Å². The van der Waals surface area contributed by atoms with Crippen LogP contribution in [0.25, 0.3) is 0 Å². The number of piperazine rings is 1. The topological polar surface area (TPSA) is 49.4 Å². The van der Waals surface area contributed by atoms with E-state index in [2.05, 4.69) is 5.32 Å². The molecule has 1 aromatic heterocycles. The van der Waals surface area contributed by atoms with Crippen molar-refractivity contribution in [2.45, 2.75) is 17.2 Å². The summed E-state index contributed by atoms with van der Waals surface area (Å²) in [6, 6.07) is 3.17. The molecule has 1 N–H and O–H groups in total. The first-order chi connectivity index (χ1) is 7.51. The Labute approximate surface area is 116 Å². The van der Waals surface area contributed by atoms with Crippen molar-refractivity contribution in [3.05, 3.63) is 16.5 Å². The van der Waals surface area contributed by atoms with Gasteiger partial charge in [0.2, 0.25) is 0 Å². The molecule has 4 nitrogen and oxygen atoms in total. The molecular formula is C9H14Cl2N2O2S2. The van der Waals surface area contributed by atoms with Crippen LogP contribution in [0, 0.1) is 0 Å². The normalized spacial score (nSPS) is 22.1. The second kappa shape index (κ2) is 5.86. The molecule has 0 aliphatic carbocycles. The van der Waals surface area contributed by atoms with E-state index in [4.69, 9.17) is 11.6 Å². The lowest BCUT2D eigenvalue weighted by Crippen LogP contribution is -2.51. The molecule has 0 aromatic carbocycles. The van der Waals surface area contributed by atoms with Gasteiger partial charge in [-0.05, 0) is 19.1 Å². The Bertz CT molecular complexity index is 475. The van der Waals surface area contributed by atoms with Crippen molar-refractivity contribution in [2.24, 2.45) is 0 Å². The van der Waals surface area contributed by atoms with E-state index in [1.807, 2.05) is 6.92 Å². The van der Waals surface area contributed by atoms with Gasteiger partial charge >= 0.3 is 0 Å². The predicted octanol–water partition coefficient (Wildman–Crippen LogP) is 1.81. The van der Waals surface area contributed by atoms with Gasteiger partial charge in [0, 0.05) is 25.7 Å². The van der Waals surface area contributed by atoms with Crippen LogP contribution in [-0.4, -0.2) is 38.4 Å². The maximum absolute atomic E-state index is 12.3. The number of hydrogen-bond acceptors (Lipinski definition) is 4. The third-order valence-electron chi connectivity index (χ3n) is 2.55. The minimum Gasteiger partial charge on any atom is -0.314 e. The van der Waals surface area contributed by atoms with Crippen molar-refractivity contribution in [1.82, 2.24) is 9.62 Å². The molecule has 17 heavy (non-hydrogen) atoms. The number of hydrogen-bond donors (Lipinski definition) is 1. The van der Waals surface area contributed by atoms with Gasteiger partial charge in [0.15, 0.2) is 0 Å². The Balaban J connectivity index is 0.00000144. The van der Waals surface area contributed by atoms with Gasteiger partial charge in [-0.15, -0.1) is 23.7 Å². The molecule has 0 saturated carbocycles. The standard InChI is InChI=1S/C9H13ClN2O2S2.ClH/c1-7-6-11-4-5-12(7)16(13,14)9-3-2-8(10)15-9;/h2-3,7,11H,4-6H2,1H3;1H/t7-;/m1./s1. The van der Waals surface area contributed by atoms with Crippen LogP contribution >= 0.6 is 35.3 Å². The van der Waals surface area contributed by atoms with Crippen molar-refractivity contribution < 1.29 is 8.42 Å². The zero-order valence-corrected chi connectivity index (χ0v) is 12.4. The highest BCUT2D eigenvalue weighted by Crippen LogP contribution is 2.29. The Morgan fingerprint density at radius 3 is 2.76 bits per heavy atom. The summed E-state index contributed by atoms with van der Waals surface area (Å²) < 4.78 is 26.9. The fourth-order valence-electron chi connectivity index (χ4n) is 1.73. The maximum Gasteiger partial charge on any atom is 0.252 e. The molecule has 2 rings (SSSR count). The summed E-state index contributed by atoms with van der Waals surface area (Å²) in [5, 5.41) is 3.16. The highest BCUT2D eigenvalue weighted by Gasteiger charge is 2.31. The van der Waals surface area contributed by atoms with Crippen LogP contribution in [0.15, 0.2) is 16.3 Å². The van der Waals surface area contributed by atoms with Gasteiger partial charge in [-0.3, -0.25) is 0 Å². The Morgan fingerprint density at radius 2 is 2.24 bits per heavy atom. The quantitative estimate of drug-likeness (QED) is 0.905. The number of halogens is 2. The molecule has 0 radical (unpaired) electrons. The lowest BCUT2D eigenvalue weighted by atomic mass is 10.3. The molecule has 0 unspecified atom stereocenters. The SMILES string of the molecule is C[C@@H]1CNCCN1S(=O)(=O)c1ccc(Cl)s1.Cl. The third kappa shape index (κ3) is 3.13. The number of thiophene rings is 1. The lowest BCUT2D eigenvalue weighted by molar-refractivity contribution is 0.284. The van der Waals surface area contributed by atoms with Crippen LogP contribution in [0.2, 0.25) is 4.34 Å². The second-order valence-electron chi connectivity index (χ2n) is 3.73. The van der Waals surface area contributed by atoms with Crippen LogP contribution in [0.4, 0.5) is 0 Å². The van der Waals surface area contributed by atoms with Gasteiger partial charge in [-0.25, -0.2) is 8.42 Å². The monoisotopic (exact) mass is 316 g/mol. The first kappa shape index (κ1) is 15.2. The predicted molar refractivity (Wildman–Crippen MR) is 72.8 cm³/mol. The third-order valence-corrected chi connectivity index (χ3v) is 6.26. The molecule has 98 valence electrons. The summed E-state index contributed by atoms with van der Waals surface area (Å²) in [5.41, 5.74) is 0. The number of nitrogens with zero attached hydrogens (tertiary/aromatic N) is 1. The van der Waals surface area contributed by atoms with Gasteiger partial charge < -0.3 is 5.32 Å². The summed E-state index contributed by atoms with van der Waals surface area (Å²) in [6.45, 7) is 3.80. The van der Waals surface area contributed by atoms with Gasteiger partial charge in [0.1, 0.15) is 4.21 Å². The average molecular weight is 317 g/mol. The smallest absolute Gasteiger partial charge is 0.252 e. The second-order valence-corrected chi connectivity index (χ2v) is 7.56. The van der Waals surface area contributed by atoms with Crippen LogP contribution < -0.4 is 5.32 Å². The molecule has 1 atom stereocenters. The minimum absolute atomic E-state index is 0. The summed E-state index contributed by atoms with van der Waals surface area (Å²) >= 11 is 6.87. The molecular weight excluding hydrogens is 303 g/mol. The fraction of sp³-hybridized carbons (Fsp3) is 0.556. The van der Waals surface area contributed by atoms with E-state index >= 15 is 0 Å². The maximum atomic E-state index is 12.3. The summed E-state index contributed by atoms with van der Waals surface area (Å²) in [7, 11) is -3.36. The first-order valence-corrected chi connectivity index (χ1v) is 7.63. The van der Waals surface area contributed by atoms with Crippen molar-refractivity contribution in [1.29, 1.82) is 0 Å². The number of nitrogens with one attached hydrogen (secondary N) is 1. The Kier molecular flexibility index (Phi) is 5.24. The zero-order valence-electron chi connectivity index (χ0n) is 9.22. The van der Waals surface area contributed by atoms with Crippen LogP contribution in [0.5, 0.6) is 0 Å². The van der Waals surface area contributed by atoms with Crippen LogP contribution in [0.1, 0.15) is 6.92 Å². The van der Waals surface area contributed by atoms with E-state index in [0.717, 1.165) is 11.3 Å². The molecule has 1 aromatic rings. The molecule has 1 aliphatic heterocycles. The van der Waals surface area contributed by atoms with Gasteiger partial charge in [-0.2, -0.15) is 4.31 Å². The molecule has 1 fully saturated rings. The van der Waals surface area contributed by atoms with E-state index in [1.54, 1.807) is 12.1 Å². The number of rotatable bonds is 2. The Morgan fingerprint density at radius 1 is 1.53 bits per heavy atom. The molecule has 0 amide bonds. The largest absolute Gasteiger partial charge is 0.314 e. The van der Waals surface area contributed by atoms with E-state index < -0.39 is 10.0 Å². The lowest BCUT2D eigenvalue weighted by Gasteiger charge is -2.32. The molecule has 8 heteroatoms. The average Bonchev–Trinajstić information content (AvgIpc) is 2.66. The number of sulfonamides is 1. The van der Waals surface area contributed by atoms with Gasteiger partial charge in [-0.1, -0.05) is 11.6 Å². The summed E-state index contributed by atoms with van der Waals surface area (Å²) in [4.78, 5) is 0. The summed E-state index contributed by atoms with van der Waals surface area (Å²) in [6.07, 6.45) is 0. The molecule has 0 bridgehead atoms. The van der Waals surface area contributed by atoms with Crippen LogP contribution in [0.3, 0.4) is 0 Å². The minimum atomic E-state index is -3.36.